The lowest BCUT2D eigenvalue weighted by Gasteiger charge is -2.24. The number of aryl methyl sites for hydroxylation is 1. The topological polar surface area (TPSA) is 20.3 Å². The van der Waals surface area contributed by atoms with E-state index >= 15 is 0 Å². The van der Waals surface area contributed by atoms with Gasteiger partial charge in [-0.3, -0.25) is 4.79 Å². The molecule has 2 rings (SSSR count). The third-order valence-corrected chi connectivity index (χ3v) is 5.02. The summed E-state index contributed by atoms with van der Waals surface area (Å²) in [4.78, 5) is 16.4. The van der Waals surface area contributed by atoms with Crippen molar-refractivity contribution in [3.05, 3.63) is 55.9 Å². The zero-order valence-electron chi connectivity index (χ0n) is 11.5. The minimum atomic E-state index is -0.369. The van der Waals surface area contributed by atoms with Gasteiger partial charge in [-0.05, 0) is 60.1 Å². The number of thiophene rings is 1. The van der Waals surface area contributed by atoms with Gasteiger partial charge in [0.05, 0.1) is 10.5 Å². The smallest absolute Gasteiger partial charge is 0.254 e. The number of amides is 1. The Morgan fingerprint density at radius 1 is 1.35 bits per heavy atom. The molecule has 5 heteroatoms. The molecule has 0 bridgehead atoms. The van der Waals surface area contributed by atoms with Gasteiger partial charge < -0.3 is 4.90 Å². The molecule has 0 fully saturated rings. The summed E-state index contributed by atoms with van der Waals surface area (Å²) in [5.41, 5.74) is 0.473. The second-order valence-corrected chi connectivity index (χ2v) is 6.84. The Hall–Kier alpha value is -1.20. The molecule has 0 N–H and O–H groups in total. The predicted molar refractivity (Wildman–Crippen MR) is 83.7 cm³/mol. The van der Waals surface area contributed by atoms with Gasteiger partial charge in [-0.15, -0.1) is 11.3 Å². The SMILES string of the molecule is Cc1ccc(C(C)N(C)C(=O)c2ccc(F)c(Br)c2)s1. The van der Waals surface area contributed by atoms with Crippen LogP contribution in [0.3, 0.4) is 0 Å². The van der Waals surface area contributed by atoms with Crippen LogP contribution in [0.1, 0.15) is 33.1 Å². The van der Waals surface area contributed by atoms with E-state index in [1.165, 1.54) is 23.1 Å². The van der Waals surface area contributed by atoms with Crippen molar-refractivity contribution < 1.29 is 9.18 Å². The number of hydrogen-bond donors (Lipinski definition) is 0. The van der Waals surface area contributed by atoms with Crippen LogP contribution in [0.4, 0.5) is 4.39 Å². The Labute approximate surface area is 130 Å². The fourth-order valence-corrected chi connectivity index (χ4v) is 3.23. The summed E-state index contributed by atoms with van der Waals surface area (Å²) in [5.74, 6) is -0.490. The van der Waals surface area contributed by atoms with Gasteiger partial charge in [0, 0.05) is 22.4 Å². The van der Waals surface area contributed by atoms with Crippen LogP contribution < -0.4 is 0 Å². The lowest BCUT2D eigenvalue weighted by atomic mass is 10.1. The highest BCUT2D eigenvalue weighted by Crippen LogP contribution is 2.28. The van der Waals surface area contributed by atoms with E-state index in [2.05, 4.69) is 15.9 Å². The molecule has 106 valence electrons. The van der Waals surface area contributed by atoms with Crippen molar-refractivity contribution in [3.8, 4) is 0 Å². The van der Waals surface area contributed by atoms with Gasteiger partial charge in [-0.1, -0.05) is 0 Å². The molecule has 0 saturated heterocycles. The van der Waals surface area contributed by atoms with Crippen molar-refractivity contribution >= 4 is 33.2 Å². The van der Waals surface area contributed by atoms with E-state index in [1.54, 1.807) is 23.3 Å². The lowest BCUT2D eigenvalue weighted by Crippen LogP contribution is -2.29. The molecule has 1 atom stereocenters. The van der Waals surface area contributed by atoms with Crippen LogP contribution in [0.15, 0.2) is 34.8 Å². The molecule has 0 aliphatic rings. The van der Waals surface area contributed by atoms with Crippen molar-refractivity contribution in [2.24, 2.45) is 0 Å². The number of carbonyl (C=O) groups excluding carboxylic acids is 1. The van der Waals surface area contributed by atoms with Crippen LogP contribution >= 0.6 is 27.3 Å². The van der Waals surface area contributed by atoms with Crippen LogP contribution in [0.2, 0.25) is 0 Å². The van der Waals surface area contributed by atoms with Gasteiger partial charge in [0.1, 0.15) is 5.82 Å². The summed E-state index contributed by atoms with van der Waals surface area (Å²) in [6, 6.07) is 8.39. The predicted octanol–water partition coefficient (Wildman–Crippen LogP) is 4.79. The van der Waals surface area contributed by atoms with Crippen molar-refractivity contribution in [2.75, 3.05) is 7.05 Å². The summed E-state index contributed by atoms with van der Waals surface area (Å²) in [7, 11) is 1.76. The number of hydrogen-bond acceptors (Lipinski definition) is 2. The first-order valence-corrected chi connectivity index (χ1v) is 7.79. The molecule has 1 heterocycles. The van der Waals surface area contributed by atoms with Gasteiger partial charge in [0.25, 0.3) is 5.91 Å². The van der Waals surface area contributed by atoms with Crippen molar-refractivity contribution in [1.29, 1.82) is 0 Å². The number of carbonyl (C=O) groups is 1. The Morgan fingerprint density at radius 2 is 2.05 bits per heavy atom. The summed E-state index contributed by atoms with van der Waals surface area (Å²) in [5, 5.41) is 0. The highest BCUT2D eigenvalue weighted by Gasteiger charge is 2.20. The van der Waals surface area contributed by atoms with Crippen LogP contribution in [0.5, 0.6) is 0 Å². The van der Waals surface area contributed by atoms with Gasteiger partial charge in [-0.25, -0.2) is 4.39 Å². The molecule has 1 aromatic carbocycles. The van der Waals surface area contributed by atoms with Crippen molar-refractivity contribution in [1.82, 2.24) is 4.90 Å². The highest BCUT2D eigenvalue weighted by molar-refractivity contribution is 9.10. The zero-order valence-corrected chi connectivity index (χ0v) is 13.9. The Bertz CT molecular complexity index is 641. The quantitative estimate of drug-likeness (QED) is 0.774. The van der Waals surface area contributed by atoms with E-state index in [9.17, 15) is 9.18 Å². The fraction of sp³-hybridized carbons (Fsp3) is 0.267. The van der Waals surface area contributed by atoms with Crippen LogP contribution in [0, 0.1) is 12.7 Å². The average Bonchev–Trinajstić information content (AvgIpc) is 2.86. The minimum Gasteiger partial charge on any atom is -0.334 e. The maximum Gasteiger partial charge on any atom is 0.254 e. The summed E-state index contributed by atoms with van der Waals surface area (Å²) in [6.07, 6.45) is 0. The van der Waals surface area contributed by atoms with E-state index in [0.717, 1.165) is 4.88 Å². The molecule has 20 heavy (non-hydrogen) atoms. The first kappa shape index (κ1) is 15.2. The molecule has 0 saturated carbocycles. The minimum absolute atomic E-state index is 0.00923. The standard InChI is InChI=1S/C15H15BrFNOS/c1-9-4-7-14(20-9)10(2)18(3)15(19)11-5-6-13(17)12(16)8-11/h4-8,10H,1-3H3. The van der Waals surface area contributed by atoms with Gasteiger partial charge >= 0.3 is 0 Å². The molecule has 0 aliphatic heterocycles. The van der Waals surface area contributed by atoms with E-state index in [1.807, 2.05) is 26.0 Å². The molecule has 1 aromatic heterocycles. The number of nitrogens with zero attached hydrogens (tertiary/aromatic N) is 1. The van der Waals surface area contributed by atoms with Crippen LogP contribution in [-0.4, -0.2) is 17.9 Å². The van der Waals surface area contributed by atoms with Gasteiger partial charge in [0.15, 0.2) is 0 Å². The van der Waals surface area contributed by atoms with Crippen molar-refractivity contribution in [3.63, 3.8) is 0 Å². The normalized spacial score (nSPS) is 12.2. The zero-order chi connectivity index (χ0) is 14.9. The summed E-state index contributed by atoms with van der Waals surface area (Å²) < 4.78 is 13.5. The second-order valence-electron chi connectivity index (χ2n) is 4.67. The molecule has 1 amide bonds. The van der Waals surface area contributed by atoms with E-state index in [0.29, 0.717) is 10.0 Å². The molecule has 2 aromatic rings. The molecule has 2 nitrogen and oxygen atoms in total. The molecule has 0 radical (unpaired) electrons. The van der Waals surface area contributed by atoms with Gasteiger partial charge in [0.2, 0.25) is 0 Å². The first-order chi connectivity index (χ1) is 9.40. The van der Waals surface area contributed by atoms with Crippen molar-refractivity contribution in [2.45, 2.75) is 19.9 Å². The Balaban J connectivity index is 2.21. The molecule has 1 unspecified atom stereocenters. The number of benzene rings is 1. The maximum atomic E-state index is 13.2. The van der Waals surface area contributed by atoms with E-state index in [4.69, 9.17) is 0 Å². The molecule has 0 aliphatic carbocycles. The van der Waals surface area contributed by atoms with Crippen LogP contribution in [-0.2, 0) is 0 Å². The lowest BCUT2D eigenvalue weighted by molar-refractivity contribution is 0.0745. The fourth-order valence-electron chi connectivity index (χ4n) is 1.88. The monoisotopic (exact) mass is 355 g/mol. The largest absolute Gasteiger partial charge is 0.334 e. The molecular formula is C15H15BrFNOS. The Morgan fingerprint density at radius 3 is 2.60 bits per heavy atom. The molecular weight excluding hydrogens is 341 g/mol. The summed E-state index contributed by atoms with van der Waals surface area (Å²) >= 11 is 4.78. The van der Waals surface area contributed by atoms with E-state index in [-0.39, 0.29) is 17.8 Å². The van der Waals surface area contributed by atoms with Gasteiger partial charge in [-0.2, -0.15) is 0 Å². The first-order valence-electron chi connectivity index (χ1n) is 6.18. The third-order valence-electron chi connectivity index (χ3n) is 3.24. The third kappa shape index (κ3) is 3.10. The highest BCUT2D eigenvalue weighted by atomic mass is 79.9. The average molecular weight is 356 g/mol. The van der Waals surface area contributed by atoms with Crippen LogP contribution in [0.25, 0.3) is 0 Å². The maximum absolute atomic E-state index is 13.2. The second kappa shape index (κ2) is 6.06. The molecule has 0 spiro atoms. The summed E-state index contributed by atoms with van der Waals surface area (Å²) in [6.45, 7) is 4.03. The number of halogens is 2. The van der Waals surface area contributed by atoms with E-state index < -0.39 is 0 Å². The Kier molecular flexibility index (Phi) is 4.60. The number of rotatable bonds is 3.